The van der Waals surface area contributed by atoms with Crippen LogP contribution in [0.5, 0.6) is 11.5 Å². The number of carbonyl (C=O) groups excluding carboxylic acids is 1. The van der Waals surface area contributed by atoms with Crippen molar-refractivity contribution in [1.29, 1.82) is 0 Å². The van der Waals surface area contributed by atoms with Gasteiger partial charge in [-0.05, 0) is 73.9 Å². The molecule has 1 amide bonds. The van der Waals surface area contributed by atoms with Crippen LogP contribution in [0.1, 0.15) is 28.7 Å². The van der Waals surface area contributed by atoms with E-state index < -0.39 is 0 Å². The van der Waals surface area contributed by atoms with Crippen molar-refractivity contribution < 1.29 is 14.3 Å². The maximum atomic E-state index is 12.8. The Balaban J connectivity index is 1.60. The van der Waals surface area contributed by atoms with Crippen molar-refractivity contribution in [1.82, 2.24) is 0 Å². The summed E-state index contributed by atoms with van der Waals surface area (Å²) in [6.07, 6.45) is 0.519. The van der Waals surface area contributed by atoms with Crippen LogP contribution in [0.25, 0.3) is 0 Å². The fourth-order valence-corrected chi connectivity index (χ4v) is 4.55. The third-order valence-corrected chi connectivity index (χ3v) is 6.79. The van der Waals surface area contributed by atoms with Crippen molar-refractivity contribution in [2.24, 2.45) is 9.98 Å². The second kappa shape index (κ2) is 10.8. The third-order valence-electron chi connectivity index (χ3n) is 5.81. The van der Waals surface area contributed by atoms with Crippen LogP contribution in [-0.2, 0) is 4.79 Å². The number of rotatable bonds is 6. The highest BCUT2D eigenvalue weighted by atomic mass is 32.2. The molecule has 1 aliphatic heterocycles. The molecule has 6 nitrogen and oxygen atoms in total. The van der Waals surface area contributed by atoms with Crippen LogP contribution in [0.3, 0.4) is 0 Å². The molecule has 0 fully saturated rings. The molecular formula is C28H29N3O3S. The quantitative estimate of drug-likeness (QED) is 0.428. The molecule has 3 aromatic rings. The minimum Gasteiger partial charge on any atom is -0.497 e. The Hall–Kier alpha value is -3.58. The van der Waals surface area contributed by atoms with Gasteiger partial charge in [-0.2, -0.15) is 0 Å². The molecule has 0 saturated heterocycles. The molecule has 0 aromatic heterocycles. The normalized spacial score (nSPS) is 12.7. The van der Waals surface area contributed by atoms with Crippen LogP contribution in [0.2, 0.25) is 0 Å². The van der Waals surface area contributed by atoms with E-state index in [9.17, 15) is 4.79 Å². The van der Waals surface area contributed by atoms with Gasteiger partial charge >= 0.3 is 0 Å². The van der Waals surface area contributed by atoms with E-state index in [2.05, 4.69) is 31.3 Å². The summed E-state index contributed by atoms with van der Waals surface area (Å²) in [5.74, 6) is 1.51. The number of hydrogen-bond donors (Lipinski definition) is 1. The molecule has 1 heterocycles. The topological polar surface area (TPSA) is 72.3 Å². The van der Waals surface area contributed by atoms with Crippen molar-refractivity contribution in [3.63, 3.8) is 0 Å². The number of aryl methyl sites for hydroxylation is 3. The summed E-state index contributed by atoms with van der Waals surface area (Å²) in [4.78, 5) is 22.7. The Labute approximate surface area is 210 Å². The first-order valence-electron chi connectivity index (χ1n) is 11.3. The molecule has 0 saturated carbocycles. The summed E-state index contributed by atoms with van der Waals surface area (Å²) in [5, 5.41) is 3.80. The second-order valence-corrected chi connectivity index (χ2v) is 9.49. The van der Waals surface area contributed by atoms with E-state index in [1.165, 1.54) is 11.8 Å². The lowest BCUT2D eigenvalue weighted by Gasteiger charge is -2.12. The Bertz CT molecular complexity index is 1330. The minimum atomic E-state index is -0.119. The van der Waals surface area contributed by atoms with E-state index in [0.717, 1.165) is 50.1 Å². The fourth-order valence-electron chi connectivity index (χ4n) is 3.77. The summed E-state index contributed by atoms with van der Waals surface area (Å²) in [7, 11) is 3.25. The SMILES string of the molecule is COc1cccc(C2=Nc3cc(C)c(C)cc3N=C(SCC(=O)Nc3cc(C)ccc3OC)C2)c1. The number of anilines is 1. The van der Waals surface area contributed by atoms with E-state index in [4.69, 9.17) is 19.5 Å². The first-order valence-corrected chi connectivity index (χ1v) is 12.3. The molecule has 7 heteroatoms. The highest BCUT2D eigenvalue weighted by Gasteiger charge is 2.18. The Morgan fingerprint density at radius 3 is 2.40 bits per heavy atom. The number of nitrogens with one attached hydrogen (secondary N) is 1. The van der Waals surface area contributed by atoms with E-state index >= 15 is 0 Å². The molecule has 180 valence electrons. The number of methoxy groups -OCH3 is 2. The number of ether oxygens (including phenoxy) is 2. The maximum Gasteiger partial charge on any atom is 0.234 e. The predicted octanol–water partition coefficient (Wildman–Crippen LogP) is 6.56. The minimum absolute atomic E-state index is 0.119. The standard InChI is InChI=1S/C28H29N3O3S/c1-17-9-10-26(34-5)25(11-17)30-27(32)16-35-28-15-22(20-7-6-8-21(14-20)33-4)29-23-12-18(2)19(3)13-24(23)31-28/h6-14H,15-16H2,1-5H3,(H,30,32). The molecule has 0 aliphatic carbocycles. The summed E-state index contributed by atoms with van der Waals surface area (Å²) in [6.45, 7) is 6.12. The summed E-state index contributed by atoms with van der Waals surface area (Å²) in [5.41, 5.74) is 7.52. The van der Waals surface area contributed by atoms with Gasteiger partial charge in [0.1, 0.15) is 11.5 Å². The number of hydrogen-bond acceptors (Lipinski definition) is 6. The number of thioether (sulfide) groups is 1. The molecule has 4 rings (SSSR count). The Morgan fingerprint density at radius 1 is 0.943 bits per heavy atom. The predicted molar refractivity (Wildman–Crippen MR) is 146 cm³/mol. The van der Waals surface area contributed by atoms with Crippen LogP contribution in [-0.4, -0.2) is 36.6 Å². The van der Waals surface area contributed by atoms with Gasteiger partial charge in [0.2, 0.25) is 5.91 Å². The largest absolute Gasteiger partial charge is 0.497 e. The third kappa shape index (κ3) is 5.92. The van der Waals surface area contributed by atoms with Gasteiger partial charge in [-0.15, -0.1) is 11.8 Å². The number of nitrogens with zero attached hydrogens (tertiary/aromatic N) is 2. The average molecular weight is 488 g/mol. The molecule has 0 radical (unpaired) electrons. The molecule has 1 aliphatic rings. The smallest absolute Gasteiger partial charge is 0.234 e. The lowest BCUT2D eigenvalue weighted by Crippen LogP contribution is -2.17. The zero-order valence-corrected chi connectivity index (χ0v) is 21.5. The number of amides is 1. The molecule has 0 atom stereocenters. The van der Waals surface area contributed by atoms with Crippen molar-refractivity contribution >= 4 is 45.5 Å². The van der Waals surface area contributed by atoms with Crippen molar-refractivity contribution in [3.8, 4) is 11.5 Å². The van der Waals surface area contributed by atoms with Gasteiger partial charge in [-0.25, -0.2) is 4.99 Å². The van der Waals surface area contributed by atoms with Crippen molar-refractivity contribution in [2.45, 2.75) is 27.2 Å². The van der Waals surface area contributed by atoms with Gasteiger partial charge in [0.05, 0.1) is 47.8 Å². The molecular weight excluding hydrogens is 458 g/mol. The van der Waals surface area contributed by atoms with Gasteiger partial charge < -0.3 is 14.8 Å². The van der Waals surface area contributed by atoms with Gasteiger partial charge in [0.25, 0.3) is 0 Å². The van der Waals surface area contributed by atoms with Crippen LogP contribution >= 0.6 is 11.8 Å². The molecule has 3 aromatic carbocycles. The zero-order valence-electron chi connectivity index (χ0n) is 20.6. The van der Waals surface area contributed by atoms with Crippen molar-refractivity contribution in [2.75, 3.05) is 25.3 Å². The van der Waals surface area contributed by atoms with E-state index in [0.29, 0.717) is 17.9 Å². The van der Waals surface area contributed by atoms with E-state index in [1.54, 1.807) is 14.2 Å². The maximum absolute atomic E-state index is 12.8. The second-order valence-electron chi connectivity index (χ2n) is 8.44. The van der Waals surface area contributed by atoms with Gasteiger partial charge in [0, 0.05) is 12.0 Å². The van der Waals surface area contributed by atoms with Crippen molar-refractivity contribution in [3.05, 3.63) is 76.9 Å². The highest BCUT2D eigenvalue weighted by molar-refractivity contribution is 8.14. The average Bonchev–Trinajstić information content (AvgIpc) is 3.02. The first kappa shape index (κ1) is 24.5. The molecule has 0 spiro atoms. The molecule has 1 N–H and O–H groups in total. The molecule has 35 heavy (non-hydrogen) atoms. The van der Waals surface area contributed by atoms with Crippen LogP contribution in [0.15, 0.2) is 64.6 Å². The summed E-state index contributed by atoms with van der Waals surface area (Å²) >= 11 is 1.42. The van der Waals surface area contributed by atoms with Crippen LogP contribution in [0.4, 0.5) is 17.1 Å². The Kier molecular flexibility index (Phi) is 7.56. The number of benzene rings is 3. The van der Waals surface area contributed by atoms with Gasteiger partial charge in [0.15, 0.2) is 0 Å². The van der Waals surface area contributed by atoms with Crippen LogP contribution in [0, 0.1) is 20.8 Å². The van der Waals surface area contributed by atoms with Gasteiger partial charge in [-0.3, -0.25) is 9.79 Å². The number of aliphatic imine (C=N–C) groups is 2. The lowest BCUT2D eigenvalue weighted by molar-refractivity contribution is -0.113. The number of fused-ring (bicyclic) bond motifs is 1. The molecule has 0 unspecified atom stereocenters. The lowest BCUT2D eigenvalue weighted by atomic mass is 10.1. The van der Waals surface area contributed by atoms with Gasteiger partial charge in [-0.1, -0.05) is 18.2 Å². The fraction of sp³-hybridized carbons (Fsp3) is 0.250. The van der Waals surface area contributed by atoms with E-state index in [-0.39, 0.29) is 11.7 Å². The first-order chi connectivity index (χ1) is 16.9. The van der Waals surface area contributed by atoms with E-state index in [1.807, 2.05) is 49.4 Å². The number of carbonyl (C=O) groups is 1. The summed E-state index contributed by atoms with van der Waals surface area (Å²) < 4.78 is 10.8. The summed E-state index contributed by atoms with van der Waals surface area (Å²) in [6, 6.07) is 17.7. The Morgan fingerprint density at radius 2 is 1.69 bits per heavy atom. The van der Waals surface area contributed by atoms with Crippen LogP contribution < -0.4 is 14.8 Å². The zero-order chi connectivity index (χ0) is 24.9. The monoisotopic (exact) mass is 487 g/mol. The molecule has 0 bridgehead atoms. The highest BCUT2D eigenvalue weighted by Crippen LogP contribution is 2.36.